The number of carbonyl (C=O) groups excluding carboxylic acids is 1. The molecule has 3 heteroatoms. The van der Waals surface area contributed by atoms with Crippen molar-refractivity contribution in [3.63, 3.8) is 0 Å². The first kappa shape index (κ1) is 12.2. The average Bonchev–Trinajstić information content (AvgIpc) is 2.40. The zero-order valence-corrected chi connectivity index (χ0v) is 10.2. The fraction of sp³-hybridized carbons (Fsp3) is 0.200. The van der Waals surface area contributed by atoms with E-state index < -0.39 is 0 Å². The van der Waals surface area contributed by atoms with Crippen molar-refractivity contribution in [2.45, 2.75) is 19.4 Å². The molecule has 0 amide bonds. The molecule has 0 aliphatic rings. The summed E-state index contributed by atoms with van der Waals surface area (Å²) in [5.41, 5.74) is 3.27. The lowest BCUT2D eigenvalue weighted by Gasteiger charge is -2.11. The quantitative estimate of drug-likeness (QED) is 0.607. The van der Waals surface area contributed by atoms with Gasteiger partial charge in [-0.2, -0.15) is 4.99 Å². The highest BCUT2D eigenvalue weighted by atomic mass is 16.1. The first-order valence-electron chi connectivity index (χ1n) is 5.82. The van der Waals surface area contributed by atoms with Gasteiger partial charge in [-0.25, -0.2) is 4.79 Å². The lowest BCUT2D eigenvalue weighted by atomic mass is 9.99. The molecule has 0 aliphatic heterocycles. The number of rotatable bonds is 4. The Kier molecular flexibility index (Phi) is 4.00. The standard InChI is InChI=1S/C15H14N2O/c1-12-4-6-14(7-5-12)15(17-11-18)9-13-3-2-8-16-10-13/h2-8,10,15H,9H2,1H3. The second-order valence-electron chi connectivity index (χ2n) is 4.21. The number of pyridine rings is 1. The van der Waals surface area contributed by atoms with E-state index in [0.29, 0.717) is 6.42 Å². The maximum atomic E-state index is 10.5. The van der Waals surface area contributed by atoms with Crippen molar-refractivity contribution in [3.05, 3.63) is 65.5 Å². The second-order valence-corrected chi connectivity index (χ2v) is 4.21. The minimum Gasteiger partial charge on any atom is -0.264 e. The number of aromatic nitrogens is 1. The van der Waals surface area contributed by atoms with Crippen LogP contribution in [0.2, 0.25) is 0 Å². The molecule has 0 bridgehead atoms. The highest BCUT2D eigenvalue weighted by molar-refractivity contribution is 5.36. The second kappa shape index (κ2) is 5.89. The minimum absolute atomic E-state index is 0.188. The zero-order valence-electron chi connectivity index (χ0n) is 10.2. The molecule has 2 aromatic rings. The summed E-state index contributed by atoms with van der Waals surface area (Å²) in [5, 5.41) is 0. The predicted octanol–water partition coefficient (Wildman–Crippen LogP) is 3.01. The lowest BCUT2D eigenvalue weighted by molar-refractivity contribution is 0.557. The largest absolute Gasteiger partial charge is 0.264 e. The number of hydrogen-bond donors (Lipinski definition) is 0. The maximum absolute atomic E-state index is 10.5. The first-order valence-corrected chi connectivity index (χ1v) is 5.82. The SMILES string of the molecule is Cc1ccc(C(Cc2cccnc2)N=C=O)cc1. The molecular weight excluding hydrogens is 224 g/mol. The first-order chi connectivity index (χ1) is 8.79. The number of aliphatic imine (C=N–C) groups is 1. The van der Waals surface area contributed by atoms with E-state index in [-0.39, 0.29) is 6.04 Å². The summed E-state index contributed by atoms with van der Waals surface area (Å²) in [6.45, 7) is 2.03. The Morgan fingerprint density at radius 2 is 2.06 bits per heavy atom. The predicted molar refractivity (Wildman–Crippen MR) is 70.0 cm³/mol. The molecule has 18 heavy (non-hydrogen) atoms. The van der Waals surface area contributed by atoms with E-state index in [4.69, 9.17) is 0 Å². The normalized spacial score (nSPS) is 11.6. The van der Waals surface area contributed by atoms with Crippen molar-refractivity contribution in [1.29, 1.82) is 0 Å². The molecule has 0 fully saturated rings. The van der Waals surface area contributed by atoms with Gasteiger partial charge >= 0.3 is 0 Å². The molecule has 0 spiro atoms. The summed E-state index contributed by atoms with van der Waals surface area (Å²) in [6.07, 6.45) is 5.84. The van der Waals surface area contributed by atoms with E-state index >= 15 is 0 Å². The van der Waals surface area contributed by atoms with Gasteiger partial charge in [0.25, 0.3) is 0 Å². The van der Waals surface area contributed by atoms with Crippen LogP contribution in [0, 0.1) is 6.92 Å². The molecule has 0 radical (unpaired) electrons. The van der Waals surface area contributed by atoms with Crippen molar-refractivity contribution in [2.75, 3.05) is 0 Å². The maximum Gasteiger partial charge on any atom is 0.235 e. The topological polar surface area (TPSA) is 42.3 Å². The lowest BCUT2D eigenvalue weighted by Crippen LogP contribution is -2.00. The Labute approximate surface area is 106 Å². The summed E-state index contributed by atoms with van der Waals surface area (Å²) in [7, 11) is 0. The van der Waals surface area contributed by atoms with Gasteiger partial charge in [0.1, 0.15) is 0 Å². The van der Waals surface area contributed by atoms with E-state index in [1.807, 2.05) is 43.3 Å². The fourth-order valence-electron chi connectivity index (χ4n) is 1.83. The summed E-state index contributed by atoms with van der Waals surface area (Å²) in [5.74, 6) is 0. The van der Waals surface area contributed by atoms with Gasteiger partial charge in [0.05, 0.1) is 6.04 Å². The molecule has 0 saturated heterocycles. The van der Waals surface area contributed by atoms with Gasteiger partial charge in [-0.05, 0) is 24.1 Å². The number of isocyanates is 1. The van der Waals surface area contributed by atoms with E-state index in [1.165, 1.54) is 5.56 Å². The number of nitrogens with zero attached hydrogens (tertiary/aromatic N) is 2. The number of benzene rings is 1. The summed E-state index contributed by atoms with van der Waals surface area (Å²) in [4.78, 5) is 18.5. The van der Waals surface area contributed by atoms with E-state index in [2.05, 4.69) is 9.98 Å². The van der Waals surface area contributed by atoms with Crippen LogP contribution >= 0.6 is 0 Å². The number of aryl methyl sites for hydroxylation is 1. The molecule has 2 rings (SSSR count). The molecule has 90 valence electrons. The van der Waals surface area contributed by atoms with Gasteiger partial charge in [-0.15, -0.1) is 0 Å². The van der Waals surface area contributed by atoms with Crippen molar-refractivity contribution >= 4 is 6.08 Å². The summed E-state index contributed by atoms with van der Waals surface area (Å²) in [6, 6.07) is 11.7. The van der Waals surface area contributed by atoms with Gasteiger partial charge in [-0.3, -0.25) is 4.98 Å². The molecule has 1 unspecified atom stereocenters. The van der Waals surface area contributed by atoms with Gasteiger partial charge in [0.15, 0.2) is 0 Å². The van der Waals surface area contributed by atoms with Gasteiger partial charge in [-0.1, -0.05) is 35.9 Å². The zero-order chi connectivity index (χ0) is 12.8. The Morgan fingerprint density at radius 3 is 2.67 bits per heavy atom. The third-order valence-electron chi connectivity index (χ3n) is 2.82. The van der Waals surface area contributed by atoms with Crippen LogP contribution in [0.25, 0.3) is 0 Å². The van der Waals surface area contributed by atoms with Crippen molar-refractivity contribution in [2.24, 2.45) is 4.99 Å². The average molecular weight is 238 g/mol. The van der Waals surface area contributed by atoms with Crippen LogP contribution in [0.4, 0.5) is 0 Å². The smallest absolute Gasteiger partial charge is 0.235 e. The van der Waals surface area contributed by atoms with Crippen molar-refractivity contribution < 1.29 is 4.79 Å². The molecule has 1 aromatic carbocycles. The van der Waals surface area contributed by atoms with Crippen molar-refractivity contribution in [3.8, 4) is 0 Å². The fourth-order valence-corrected chi connectivity index (χ4v) is 1.83. The van der Waals surface area contributed by atoms with Crippen molar-refractivity contribution in [1.82, 2.24) is 4.98 Å². The third kappa shape index (κ3) is 3.12. The molecular formula is C15H14N2O. The van der Waals surface area contributed by atoms with Gasteiger partial charge in [0.2, 0.25) is 6.08 Å². The van der Waals surface area contributed by atoms with E-state index in [0.717, 1.165) is 11.1 Å². The highest BCUT2D eigenvalue weighted by Crippen LogP contribution is 2.22. The van der Waals surface area contributed by atoms with Gasteiger partial charge in [0, 0.05) is 18.8 Å². The van der Waals surface area contributed by atoms with Crippen LogP contribution in [0.3, 0.4) is 0 Å². The Morgan fingerprint density at radius 1 is 1.28 bits per heavy atom. The monoisotopic (exact) mass is 238 g/mol. The third-order valence-corrected chi connectivity index (χ3v) is 2.82. The Hall–Kier alpha value is -2.25. The molecule has 0 N–H and O–H groups in total. The van der Waals surface area contributed by atoms with Crippen LogP contribution in [0.1, 0.15) is 22.7 Å². The van der Waals surface area contributed by atoms with Crippen LogP contribution in [0.5, 0.6) is 0 Å². The Balaban J connectivity index is 2.23. The minimum atomic E-state index is -0.188. The molecule has 0 aliphatic carbocycles. The molecule has 0 saturated carbocycles. The van der Waals surface area contributed by atoms with Crippen LogP contribution < -0.4 is 0 Å². The summed E-state index contributed by atoms with van der Waals surface area (Å²) >= 11 is 0. The molecule has 1 aromatic heterocycles. The number of hydrogen-bond acceptors (Lipinski definition) is 3. The van der Waals surface area contributed by atoms with Crippen LogP contribution in [0.15, 0.2) is 53.8 Å². The molecule has 1 heterocycles. The Bertz CT molecular complexity index is 542. The van der Waals surface area contributed by atoms with E-state index in [9.17, 15) is 4.79 Å². The van der Waals surface area contributed by atoms with Gasteiger partial charge < -0.3 is 0 Å². The highest BCUT2D eigenvalue weighted by Gasteiger charge is 2.10. The van der Waals surface area contributed by atoms with Crippen LogP contribution in [-0.2, 0) is 11.2 Å². The van der Waals surface area contributed by atoms with E-state index in [1.54, 1.807) is 18.5 Å². The molecule has 3 nitrogen and oxygen atoms in total. The summed E-state index contributed by atoms with van der Waals surface area (Å²) < 4.78 is 0. The van der Waals surface area contributed by atoms with Crippen LogP contribution in [-0.4, -0.2) is 11.1 Å². The molecule has 1 atom stereocenters.